The summed E-state index contributed by atoms with van der Waals surface area (Å²) in [6.45, 7) is 1.99. The van der Waals surface area contributed by atoms with Gasteiger partial charge in [0, 0.05) is 5.69 Å². The fourth-order valence-electron chi connectivity index (χ4n) is 1.25. The van der Waals surface area contributed by atoms with E-state index in [0.29, 0.717) is 0 Å². The molecule has 0 saturated carbocycles. The second-order valence-corrected chi connectivity index (χ2v) is 4.36. The minimum atomic E-state index is -0.514. The Morgan fingerprint density at radius 2 is 1.93 bits per heavy atom. The first-order valence-corrected chi connectivity index (χ1v) is 5.38. The van der Waals surface area contributed by atoms with Crippen molar-refractivity contribution >= 4 is 28.6 Å². The van der Waals surface area contributed by atoms with Gasteiger partial charge in [-0.3, -0.25) is 14.9 Å². The van der Waals surface area contributed by atoms with Crippen molar-refractivity contribution in [2.24, 2.45) is 0 Å². The van der Waals surface area contributed by atoms with Crippen molar-refractivity contribution in [2.75, 3.05) is 5.32 Å². The number of nitrogens with one attached hydrogen (secondary N) is 2. The molecule has 1 atom stereocenters. The Balaban J connectivity index is 2.06. The minimum Gasteiger partial charge on any atom is -0.365 e. The van der Waals surface area contributed by atoms with Gasteiger partial charge in [-0.1, -0.05) is 17.7 Å². The van der Waals surface area contributed by atoms with E-state index in [1.807, 2.05) is 31.2 Å². The second kappa shape index (κ2) is 3.94. The summed E-state index contributed by atoms with van der Waals surface area (Å²) in [5.74, 6) is -0.287. The Bertz CT molecular complexity index is 402. The molecule has 2 N–H and O–H groups in total. The van der Waals surface area contributed by atoms with Crippen LogP contribution in [0, 0.1) is 6.92 Å². The third-order valence-electron chi connectivity index (χ3n) is 2.04. The Morgan fingerprint density at radius 3 is 2.47 bits per heavy atom. The number of carbonyl (C=O) groups excluding carboxylic acids is 2. The van der Waals surface area contributed by atoms with Crippen LogP contribution in [0.1, 0.15) is 5.56 Å². The highest BCUT2D eigenvalue weighted by Crippen LogP contribution is 2.21. The summed E-state index contributed by atoms with van der Waals surface area (Å²) in [6.07, 6.45) is 0. The maximum absolute atomic E-state index is 11.2. The standard InChI is InChI=1S/C10H10N2O2S/c1-6-2-4-7(5-3-6)11-9-8(13)12-10(14)15-9/h2-5,9,11H,1H3,(H,12,13,14). The largest absolute Gasteiger partial charge is 0.365 e. The third-order valence-corrected chi connectivity index (χ3v) is 2.92. The summed E-state index contributed by atoms with van der Waals surface area (Å²) in [6, 6.07) is 7.65. The summed E-state index contributed by atoms with van der Waals surface area (Å²) in [4.78, 5) is 22.1. The van der Waals surface area contributed by atoms with Gasteiger partial charge in [0.1, 0.15) is 0 Å². The van der Waals surface area contributed by atoms with Crippen LogP contribution in [-0.2, 0) is 4.79 Å². The lowest BCUT2D eigenvalue weighted by Gasteiger charge is -2.09. The van der Waals surface area contributed by atoms with Crippen LogP contribution in [0.5, 0.6) is 0 Å². The van der Waals surface area contributed by atoms with Gasteiger partial charge in [-0.05, 0) is 30.8 Å². The Morgan fingerprint density at radius 1 is 1.27 bits per heavy atom. The van der Waals surface area contributed by atoms with Gasteiger partial charge >= 0.3 is 0 Å². The van der Waals surface area contributed by atoms with E-state index in [-0.39, 0.29) is 11.1 Å². The van der Waals surface area contributed by atoms with Crippen LogP contribution in [0.3, 0.4) is 0 Å². The van der Waals surface area contributed by atoms with Crippen molar-refractivity contribution < 1.29 is 9.59 Å². The number of aryl methyl sites for hydroxylation is 1. The highest BCUT2D eigenvalue weighted by atomic mass is 32.2. The molecule has 4 nitrogen and oxygen atoms in total. The molecule has 1 aromatic rings. The summed E-state index contributed by atoms with van der Waals surface area (Å²) < 4.78 is 0. The predicted octanol–water partition coefficient (Wildman–Crippen LogP) is 1.72. The van der Waals surface area contributed by atoms with Gasteiger partial charge < -0.3 is 5.32 Å². The number of hydrogen-bond donors (Lipinski definition) is 2. The zero-order valence-corrected chi connectivity index (χ0v) is 8.93. The molecule has 0 aliphatic carbocycles. The zero-order chi connectivity index (χ0) is 10.8. The molecule has 1 aliphatic rings. The van der Waals surface area contributed by atoms with E-state index in [0.717, 1.165) is 23.0 Å². The molecule has 78 valence electrons. The molecule has 1 saturated heterocycles. The molecule has 1 heterocycles. The van der Waals surface area contributed by atoms with E-state index < -0.39 is 5.37 Å². The van der Waals surface area contributed by atoms with Crippen LogP contribution in [0.25, 0.3) is 0 Å². The topological polar surface area (TPSA) is 58.2 Å². The Labute approximate surface area is 91.4 Å². The molecule has 0 radical (unpaired) electrons. The summed E-state index contributed by atoms with van der Waals surface area (Å²) in [5.41, 5.74) is 1.99. The molecule has 2 rings (SSSR count). The number of carbonyl (C=O) groups is 2. The van der Waals surface area contributed by atoms with Gasteiger partial charge in [-0.2, -0.15) is 0 Å². The monoisotopic (exact) mass is 222 g/mol. The lowest BCUT2D eigenvalue weighted by molar-refractivity contribution is -0.118. The van der Waals surface area contributed by atoms with Gasteiger partial charge in [-0.25, -0.2) is 0 Å². The van der Waals surface area contributed by atoms with Crippen LogP contribution in [0.15, 0.2) is 24.3 Å². The summed E-state index contributed by atoms with van der Waals surface area (Å²) >= 11 is 0.962. The molecular formula is C10H10N2O2S. The van der Waals surface area contributed by atoms with E-state index in [2.05, 4.69) is 10.6 Å². The fraction of sp³-hybridized carbons (Fsp3) is 0.200. The predicted molar refractivity (Wildman–Crippen MR) is 59.7 cm³/mol. The van der Waals surface area contributed by atoms with Crippen molar-refractivity contribution in [1.29, 1.82) is 0 Å². The van der Waals surface area contributed by atoms with E-state index in [1.165, 1.54) is 0 Å². The van der Waals surface area contributed by atoms with Crippen molar-refractivity contribution in [3.63, 3.8) is 0 Å². The maximum atomic E-state index is 11.2. The normalized spacial score (nSPS) is 20.2. The summed E-state index contributed by atoms with van der Waals surface area (Å²) in [7, 11) is 0. The van der Waals surface area contributed by atoms with Crippen molar-refractivity contribution in [1.82, 2.24) is 5.32 Å². The zero-order valence-electron chi connectivity index (χ0n) is 8.11. The van der Waals surface area contributed by atoms with Crippen molar-refractivity contribution in [3.8, 4) is 0 Å². The molecule has 1 aromatic carbocycles. The molecule has 15 heavy (non-hydrogen) atoms. The lowest BCUT2D eigenvalue weighted by atomic mass is 10.2. The van der Waals surface area contributed by atoms with E-state index in [4.69, 9.17) is 0 Å². The fourth-order valence-corrected chi connectivity index (χ4v) is 1.99. The van der Waals surface area contributed by atoms with Gasteiger partial charge in [0.15, 0.2) is 5.37 Å². The molecule has 2 amide bonds. The molecule has 1 fully saturated rings. The van der Waals surface area contributed by atoms with E-state index in [9.17, 15) is 9.59 Å². The van der Waals surface area contributed by atoms with E-state index >= 15 is 0 Å². The van der Waals surface area contributed by atoms with Crippen LogP contribution in [0.4, 0.5) is 10.5 Å². The first-order chi connectivity index (χ1) is 7.15. The van der Waals surface area contributed by atoms with Gasteiger partial charge in [0.25, 0.3) is 11.1 Å². The SMILES string of the molecule is Cc1ccc(NC2SC(=O)NC2=O)cc1. The quantitative estimate of drug-likeness (QED) is 0.800. The van der Waals surface area contributed by atoms with Crippen LogP contribution < -0.4 is 10.6 Å². The average molecular weight is 222 g/mol. The molecule has 5 heteroatoms. The number of amides is 2. The smallest absolute Gasteiger partial charge is 0.288 e. The first kappa shape index (κ1) is 10.0. The van der Waals surface area contributed by atoms with E-state index in [1.54, 1.807) is 0 Å². The minimum absolute atomic E-state index is 0.287. The highest BCUT2D eigenvalue weighted by molar-refractivity contribution is 8.15. The Kier molecular flexibility index (Phi) is 2.64. The molecular weight excluding hydrogens is 212 g/mol. The average Bonchev–Trinajstić information content (AvgIpc) is 2.49. The maximum Gasteiger partial charge on any atom is 0.288 e. The van der Waals surface area contributed by atoms with Crippen LogP contribution in [0.2, 0.25) is 0 Å². The number of hydrogen-bond acceptors (Lipinski definition) is 4. The number of benzene rings is 1. The van der Waals surface area contributed by atoms with Crippen molar-refractivity contribution in [2.45, 2.75) is 12.3 Å². The molecule has 1 aliphatic heterocycles. The van der Waals surface area contributed by atoms with Crippen molar-refractivity contribution in [3.05, 3.63) is 29.8 Å². The number of rotatable bonds is 2. The lowest BCUT2D eigenvalue weighted by Crippen LogP contribution is -2.29. The summed E-state index contributed by atoms with van der Waals surface area (Å²) in [5, 5.41) is 4.38. The van der Waals surface area contributed by atoms with Gasteiger partial charge in [0.2, 0.25) is 0 Å². The number of thioether (sulfide) groups is 1. The Hall–Kier alpha value is -1.49. The first-order valence-electron chi connectivity index (χ1n) is 4.50. The number of anilines is 1. The molecule has 0 bridgehead atoms. The molecule has 1 unspecified atom stereocenters. The van der Waals surface area contributed by atoms with Gasteiger partial charge in [-0.15, -0.1) is 0 Å². The molecule has 0 spiro atoms. The van der Waals surface area contributed by atoms with Crippen LogP contribution in [-0.4, -0.2) is 16.5 Å². The molecule has 0 aromatic heterocycles. The van der Waals surface area contributed by atoms with Gasteiger partial charge in [0.05, 0.1) is 0 Å². The number of imide groups is 1. The second-order valence-electron chi connectivity index (χ2n) is 3.28. The van der Waals surface area contributed by atoms with Crippen LogP contribution >= 0.6 is 11.8 Å². The highest BCUT2D eigenvalue weighted by Gasteiger charge is 2.31. The third kappa shape index (κ3) is 2.30.